The minimum atomic E-state index is 0.163. The van der Waals surface area contributed by atoms with Gasteiger partial charge in [0.25, 0.3) is 0 Å². The highest BCUT2D eigenvalue weighted by molar-refractivity contribution is 5.75. The zero-order chi connectivity index (χ0) is 18.1. The maximum Gasteiger partial charge on any atom is 0.219 e. The highest BCUT2D eigenvalue weighted by Gasteiger charge is 2.23. The van der Waals surface area contributed by atoms with E-state index in [1.165, 1.54) is 0 Å². The molecule has 134 valence electrons. The molecule has 3 aromatic heterocycles. The van der Waals surface area contributed by atoms with Gasteiger partial charge in [0.15, 0.2) is 5.65 Å². The number of carbonyl (C=O) groups is 1. The van der Waals surface area contributed by atoms with E-state index in [0.29, 0.717) is 5.92 Å². The standard InChI is InChI=1S/C20H23N5O/c1-13-5-6-16(19-11-22-20-17(24-19)7-8-21-20)18(23-13)10-15-4-3-9-25(12-15)14(2)26/h5-8,11,15H,3-4,9-10,12H2,1-2H3,(H,21,22). The molecule has 1 saturated heterocycles. The molecule has 0 radical (unpaired) electrons. The van der Waals surface area contributed by atoms with Crippen molar-refractivity contribution in [2.45, 2.75) is 33.1 Å². The van der Waals surface area contributed by atoms with Crippen LogP contribution in [0.4, 0.5) is 0 Å². The van der Waals surface area contributed by atoms with E-state index < -0.39 is 0 Å². The summed E-state index contributed by atoms with van der Waals surface area (Å²) in [6.07, 6.45) is 6.69. The summed E-state index contributed by atoms with van der Waals surface area (Å²) in [6, 6.07) is 6.04. The van der Waals surface area contributed by atoms with Crippen LogP contribution in [0, 0.1) is 12.8 Å². The van der Waals surface area contributed by atoms with Crippen LogP contribution in [-0.4, -0.2) is 43.8 Å². The lowest BCUT2D eigenvalue weighted by molar-refractivity contribution is -0.130. The Labute approximate surface area is 152 Å². The van der Waals surface area contributed by atoms with Crippen LogP contribution in [0.5, 0.6) is 0 Å². The molecule has 6 heteroatoms. The van der Waals surface area contributed by atoms with Gasteiger partial charge in [-0.25, -0.2) is 9.97 Å². The van der Waals surface area contributed by atoms with Crippen molar-refractivity contribution in [1.82, 2.24) is 24.8 Å². The van der Waals surface area contributed by atoms with Gasteiger partial charge in [-0.15, -0.1) is 0 Å². The van der Waals surface area contributed by atoms with Crippen LogP contribution in [0.15, 0.2) is 30.6 Å². The van der Waals surface area contributed by atoms with Crippen LogP contribution in [0.2, 0.25) is 0 Å². The fourth-order valence-electron chi connectivity index (χ4n) is 3.75. The second-order valence-corrected chi connectivity index (χ2v) is 7.09. The number of nitrogens with one attached hydrogen (secondary N) is 1. The Morgan fingerprint density at radius 3 is 3.04 bits per heavy atom. The molecule has 6 nitrogen and oxygen atoms in total. The Hall–Kier alpha value is -2.76. The first-order valence-electron chi connectivity index (χ1n) is 9.12. The molecule has 0 bridgehead atoms. The molecule has 1 amide bonds. The number of likely N-dealkylation sites (tertiary alicyclic amines) is 1. The molecule has 4 rings (SSSR count). The molecule has 1 fully saturated rings. The number of H-pyrrole nitrogens is 1. The van der Waals surface area contributed by atoms with Gasteiger partial charge in [0.1, 0.15) is 5.52 Å². The zero-order valence-corrected chi connectivity index (χ0v) is 15.2. The molecule has 0 saturated carbocycles. The number of amides is 1. The molecular formula is C20H23N5O. The molecule has 4 heterocycles. The van der Waals surface area contributed by atoms with Crippen molar-refractivity contribution in [1.29, 1.82) is 0 Å². The van der Waals surface area contributed by atoms with Crippen molar-refractivity contribution in [3.63, 3.8) is 0 Å². The van der Waals surface area contributed by atoms with Gasteiger partial charge in [-0.1, -0.05) is 0 Å². The molecule has 0 aliphatic carbocycles. The maximum absolute atomic E-state index is 11.7. The molecule has 1 unspecified atom stereocenters. The van der Waals surface area contributed by atoms with Crippen LogP contribution in [0.1, 0.15) is 31.2 Å². The van der Waals surface area contributed by atoms with Gasteiger partial charge in [0, 0.05) is 37.5 Å². The van der Waals surface area contributed by atoms with E-state index in [-0.39, 0.29) is 5.91 Å². The third-order valence-corrected chi connectivity index (χ3v) is 5.10. The number of aryl methyl sites for hydroxylation is 1. The van der Waals surface area contributed by atoms with E-state index in [0.717, 1.165) is 66.2 Å². The smallest absolute Gasteiger partial charge is 0.219 e. The fraction of sp³-hybridized carbons (Fsp3) is 0.400. The van der Waals surface area contributed by atoms with Crippen molar-refractivity contribution in [3.8, 4) is 11.3 Å². The highest BCUT2D eigenvalue weighted by Crippen LogP contribution is 2.27. The fourth-order valence-corrected chi connectivity index (χ4v) is 3.75. The zero-order valence-electron chi connectivity index (χ0n) is 15.2. The molecule has 0 aromatic carbocycles. The molecule has 1 aliphatic heterocycles. The Morgan fingerprint density at radius 1 is 1.31 bits per heavy atom. The summed E-state index contributed by atoms with van der Waals surface area (Å²) in [4.78, 5) is 30.8. The molecule has 1 N–H and O–H groups in total. The van der Waals surface area contributed by atoms with Gasteiger partial charge in [-0.3, -0.25) is 9.78 Å². The van der Waals surface area contributed by atoms with E-state index in [4.69, 9.17) is 9.97 Å². The highest BCUT2D eigenvalue weighted by atomic mass is 16.2. The summed E-state index contributed by atoms with van der Waals surface area (Å²) in [5, 5.41) is 0. The summed E-state index contributed by atoms with van der Waals surface area (Å²) >= 11 is 0. The second kappa shape index (κ2) is 6.86. The lowest BCUT2D eigenvalue weighted by Crippen LogP contribution is -2.39. The first kappa shape index (κ1) is 16.7. The van der Waals surface area contributed by atoms with E-state index in [2.05, 4.69) is 16.0 Å². The summed E-state index contributed by atoms with van der Waals surface area (Å²) in [5.41, 5.74) is 5.57. The van der Waals surface area contributed by atoms with Crippen molar-refractivity contribution >= 4 is 17.1 Å². The number of rotatable bonds is 3. The number of carbonyl (C=O) groups excluding carboxylic acids is 1. The van der Waals surface area contributed by atoms with Crippen molar-refractivity contribution in [2.75, 3.05) is 13.1 Å². The number of hydrogen-bond donors (Lipinski definition) is 1. The van der Waals surface area contributed by atoms with Crippen molar-refractivity contribution < 1.29 is 4.79 Å². The van der Waals surface area contributed by atoms with Crippen molar-refractivity contribution in [3.05, 3.63) is 42.0 Å². The lowest BCUT2D eigenvalue weighted by atomic mass is 9.91. The maximum atomic E-state index is 11.7. The first-order chi connectivity index (χ1) is 12.6. The summed E-state index contributed by atoms with van der Waals surface area (Å²) < 4.78 is 0. The predicted octanol–water partition coefficient (Wildman–Crippen LogP) is 3.13. The monoisotopic (exact) mass is 349 g/mol. The molecular weight excluding hydrogens is 326 g/mol. The molecule has 26 heavy (non-hydrogen) atoms. The number of pyridine rings is 1. The van der Waals surface area contributed by atoms with E-state index >= 15 is 0 Å². The van der Waals surface area contributed by atoms with Gasteiger partial charge >= 0.3 is 0 Å². The number of fused-ring (bicyclic) bond motifs is 1. The minimum Gasteiger partial charge on any atom is -0.345 e. The summed E-state index contributed by atoms with van der Waals surface area (Å²) in [7, 11) is 0. The van der Waals surface area contributed by atoms with Crippen LogP contribution in [0.3, 0.4) is 0 Å². The molecule has 1 atom stereocenters. The van der Waals surface area contributed by atoms with Gasteiger partial charge in [-0.05, 0) is 50.3 Å². The summed E-state index contributed by atoms with van der Waals surface area (Å²) in [5.74, 6) is 0.598. The third kappa shape index (κ3) is 3.31. The Kier molecular flexibility index (Phi) is 4.41. The lowest BCUT2D eigenvalue weighted by Gasteiger charge is -2.32. The number of aromatic nitrogens is 4. The third-order valence-electron chi connectivity index (χ3n) is 5.10. The first-order valence-corrected chi connectivity index (χ1v) is 9.12. The summed E-state index contributed by atoms with van der Waals surface area (Å²) in [6.45, 7) is 5.35. The SMILES string of the molecule is CC(=O)N1CCCC(Cc2nc(C)ccc2-c2cnc3[nH]ccc3n2)C1. The van der Waals surface area contributed by atoms with Crippen molar-refractivity contribution in [2.24, 2.45) is 5.92 Å². The van der Waals surface area contributed by atoms with Crippen LogP contribution in [0.25, 0.3) is 22.4 Å². The number of hydrogen-bond acceptors (Lipinski definition) is 4. The predicted molar refractivity (Wildman–Crippen MR) is 101 cm³/mol. The van der Waals surface area contributed by atoms with Gasteiger partial charge < -0.3 is 9.88 Å². The van der Waals surface area contributed by atoms with Crippen LogP contribution >= 0.6 is 0 Å². The largest absolute Gasteiger partial charge is 0.345 e. The number of nitrogens with zero attached hydrogens (tertiary/aromatic N) is 4. The molecule has 3 aromatic rings. The number of aromatic amines is 1. The van der Waals surface area contributed by atoms with Crippen LogP contribution in [-0.2, 0) is 11.2 Å². The van der Waals surface area contributed by atoms with Gasteiger partial charge in [0.2, 0.25) is 5.91 Å². The van der Waals surface area contributed by atoms with E-state index in [1.54, 1.807) is 13.1 Å². The van der Waals surface area contributed by atoms with Crippen LogP contribution < -0.4 is 0 Å². The van der Waals surface area contributed by atoms with Gasteiger partial charge in [-0.2, -0.15) is 0 Å². The molecule has 1 aliphatic rings. The normalized spacial score (nSPS) is 17.6. The quantitative estimate of drug-likeness (QED) is 0.788. The topological polar surface area (TPSA) is 74.8 Å². The minimum absolute atomic E-state index is 0.163. The Balaban J connectivity index is 1.65. The Bertz CT molecular complexity index is 948. The van der Waals surface area contributed by atoms with E-state index in [9.17, 15) is 4.79 Å². The van der Waals surface area contributed by atoms with Gasteiger partial charge in [0.05, 0.1) is 17.6 Å². The average molecular weight is 349 g/mol. The average Bonchev–Trinajstić information content (AvgIpc) is 3.10. The molecule has 0 spiro atoms. The number of piperidine rings is 1. The second-order valence-electron chi connectivity index (χ2n) is 7.09. The Morgan fingerprint density at radius 2 is 2.19 bits per heavy atom. The van der Waals surface area contributed by atoms with E-state index in [1.807, 2.05) is 30.2 Å².